The lowest BCUT2D eigenvalue weighted by Gasteiger charge is -2.36. The maximum absolute atomic E-state index is 13.6. The van der Waals surface area contributed by atoms with Gasteiger partial charge in [-0.25, -0.2) is 0 Å². The van der Waals surface area contributed by atoms with E-state index in [-0.39, 0.29) is 11.3 Å². The summed E-state index contributed by atoms with van der Waals surface area (Å²) in [5, 5.41) is 0. The van der Waals surface area contributed by atoms with Gasteiger partial charge in [0.25, 0.3) is 0 Å². The van der Waals surface area contributed by atoms with Gasteiger partial charge in [0.2, 0.25) is 5.91 Å². The van der Waals surface area contributed by atoms with Crippen LogP contribution in [0.15, 0.2) is 48.8 Å². The number of hydrogen-bond acceptors (Lipinski definition) is 4. The molecule has 0 aliphatic carbocycles. The van der Waals surface area contributed by atoms with Crippen molar-refractivity contribution in [3.8, 4) is 0 Å². The minimum absolute atomic E-state index is 0.149. The van der Waals surface area contributed by atoms with Gasteiger partial charge in [-0.3, -0.25) is 14.7 Å². The van der Waals surface area contributed by atoms with Crippen molar-refractivity contribution in [3.63, 3.8) is 0 Å². The average molecular weight is 419 g/mol. The standard InChI is InChI=1S/C26H34N4O/c1-28-12-8-22(9-13-28)25(31)30-18-24-7-3-2-6-23(24)15-26(20-30)10-14-29(19-26)17-21-5-4-11-27-16-21/h2-7,11,16,22H,8-10,12-15,17-20H2,1H3. The molecule has 164 valence electrons. The van der Waals surface area contributed by atoms with Crippen LogP contribution in [0.4, 0.5) is 0 Å². The van der Waals surface area contributed by atoms with Crippen LogP contribution in [0, 0.1) is 11.3 Å². The van der Waals surface area contributed by atoms with Crippen LogP contribution in [0.2, 0.25) is 0 Å². The fraction of sp³-hybridized carbons (Fsp3) is 0.538. The van der Waals surface area contributed by atoms with Crippen LogP contribution in [-0.4, -0.2) is 65.4 Å². The summed E-state index contributed by atoms with van der Waals surface area (Å²) < 4.78 is 0. The third kappa shape index (κ3) is 4.53. The van der Waals surface area contributed by atoms with Crippen molar-refractivity contribution >= 4 is 5.91 Å². The number of piperidine rings is 1. The Balaban J connectivity index is 1.37. The number of benzene rings is 1. The predicted molar refractivity (Wildman–Crippen MR) is 122 cm³/mol. The van der Waals surface area contributed by atoms with Crippen LogP contribution >= 0.6 is 0 Å². The summed E-state index contributed by atoms with van der Waals surface area (Å²) in [4.78, 5) is 25.0. The molecule has 0 radical (unpaired) electrons. The Kier molecular flexibility index (Phi) is 5.81. The maximum atomic E-state index is 13.6. The molecule has 1 spiro atoms. The van der Waals surface area contributed by atoms with Gasteiger partial charge < -0.3 is 9.80 Å². The number of aromatic nitrogens is 1. The number of hydrogen-bond donors (Lipinski definition) is 0. The average Bonchev–Trinajstić information content (AvgIpc) is 3.08. The van der Waals surface area contributed by atoms with E-state index in [1.165, 1.54) is 16.7 Å². The molecular formula is C26H34N4O. The van der Waals surface area contributed by atoms with Gasteiger partial charge in [0.1, 0.15) is 0 Å². The van der Waals surface area contributed by atoms with E-state index in [9.17, 15) is 4.79 Å². The topological polar surface area (TPSA) is 39.7 Å². The van der Waals surface area contributed by atoms with Crippen LogP contribution in [0.25, 0.3) is 0 Å². The predicted octanol–water partition coefficient (Wildman–Crippen LogP) is 3.20. The van der Waals surface area contributed by atoms with Crippen molar-refractivity contribution in [1.82, 2.24) is 19.7 Å². The molecule has 3 aliphatic rings. The maximum Gasteiger partial charge on any atom is 0.226 e. The molecular weight excluding hydrogens is 384 g/mol. The highest BCUT2D eigenvalue weighted by molar-refractivity contribution is 5.79. The first-order valence-electron chi connectivity index (χ1n) is 11.8. The Morgan fingerprint density at radius 1 is 1.06 bits per heavy atom. The summed E-state index contributed by atoms with van der Waals surface area (Å²) in [6, 6.07) is 13.0. The molecule has 1 amide bonds. The van der Waals surface area contributed by atoms with Crippen molar-refractivity contribution in [3.05, 3.63) is 65.5 Å². The van der Waals surface area contributed by atoms with Gasteiger partial charge in [-0.2, -0.15) is 0 Å². The van der Waals surface area contributed by atoms with Crippen LogP contribution in [0.3, 0.4) is 0 Å². The molecule has 2 fully saturated rings. The van der Waals surface area contributed by atoms with Crippen LogP contribution in [-0.2, 0) is 24.3 Å². The minimum atomic E-state index is 0.149. The molecule has 0 bridgehead atoms. The molecule has 5 heteroatoms. The zero-order valence-electron chi connectivity index (χ0n) is 18.7. The highest BCUT2D eigenvalue weighted by atomic mass is 16.2. The Morgan fingerprint density at radius 2 is 1.87 bits per heavy atom. The van der Waals surface area contributed by atoms with E-state index in [0.29, 0.717) is 5.91 Å². The molecule has 1 aromatic heterocycles. The highest BCUT2D eigenvalue weighted by Gasteiger charge is 2.43. The minimum Gasteiger partial charge on any atom is -0.338 e. The number of pyridine rings is 1. The molecule has 5 rings (SSSR count). The summed E-state index contributed by atoms with van der Waals surface area (Å²) in [5.74, 6) is 0.571. The second-order valence-electron chi connectivity index (χ2n) is 10.0. The number of carbonyl (C=O) groups is 1. The van der Waals surface area contributed by atoms with Crippen LogP contribution in [0.5, 0.6) is 0 Å². The molecule has 1 unspecified atom stereocenters. The first kappa shape index (κ1) is 20.7. The summed E-state index contributed by atoms with van der Waals surface area (Å²) in [7, 11) is 2.16. The van der Waals surface area contributed by atoms with Crippen LogP contribution in [0.1, 0.15) is 36.0 Å². The molecule has 5 nitrogen and oxygen atoms in total. The van der Waals surface area contributed by atoms with Crippen molar-refractivity contribution in [2.24, 2.45) is 11.3 Å². The van der Waals surface area contributed by atoms with E-state index in [2.05, 4.69) is 57.1 Å². The lowest BCUT2D eigenvalue weighted by Crippen LogP contribution is -2.46. The number of fused-ring (bicyclic) bond motifs is 1. The SMILES string of the molecule is CN1CCC(C(=O)N2Cc3ccccc3CC3(CCN(Cc4cccnc4)C3)C2)CC1. The largest absolute Gasteiger partial charge is 0.338 e. The molecule has 2 saturated heterocycles. The molecule has 2 aromatic rings. The summed E-state index contributed by atoms with van der Waals surface area (Å²) in [5.41, 5.74) is 4.19. The highest BCUT2D eigenvalue weighted by Crippen LogP contribution is 2.40. The molecule has 31 heavy (non-hydrogen) atoms. The van der Waals surface area contributed by atoms with Crippen molar-refractivity contribution < 1.29 is 4.79 Å². The Bertz CT molecular complexity index is 909. The van der Waals surface area contributed by atoms with Gasteiger partial charge in [0.15, 0.2) is 0 Å². The first-order valence-corrected chi connectivity index (χ1v) is 11.8. The number of amides is 1. The van der Waals surface area contributed by atoms with Gasteiger partial charge in [-0.15, -0.1) is 0 Å². The Morgan fingerprint density at radius 3 is 2.65 bits per heavy atom. The molecule has 1 aromatic carbocycles. The molecule has 1 atom stereocenters. The number of likely N-dealkylation sites (tertiary alicyclic amines) is 2. The van der Waals surface area contributed by atoms with E-state index in [0.717, 1.165) is 71.5 Å². The molecule has 0 N–H and O–H groups in total. The Hall–Kier alpha value is -2.24. The zero-order chi connectivity index (χ0) is 21.3. The lowest BCUT2D eigenvalue weighted by molar-refractivity contribution is -0.139. The lowest BCUT2D eigenvalue weighted by atomic mass is 9.80. The van der Waals surface area contributed by atoms with E-state index < -0.39 is 0 Å². The third-order valence-corrected chi connectivity index (χ3v) is 7.60. The third-order valence-electron chi connectivity index (χ3n) is 7.60. The summed E-state index contributed by atoms with van der Waals surface area (Å²) in [6.45, 7) is 6.80. The first-order chi connectivity index (χ1) is 15.1. The van der Waals surface area contributed by atoms with Gasteiger partial charge in [-0.1, -0.05) is 30.3 Å². The number of nitrogens with zero attached hydrogens (tertiary/aromatic N) is 4. The summed E-state index contributed by atoms with van der Waals surface area (Å²) in [6.07, 6.45) is 8.02. The van der Waals surface area contributed by atoms with Gasteiger partial charge in [0, 0.05) is 49.9 Å². The van der Waals surface area contributed by atoms with E-state index in [4.69, 9.17) is 0 Å². The second kappa shape index (κ2) is 8.71. The molecule has 3 aliphatic heterocycles. The van der Waals surface area contributed by atoms with Crippen molar-refractivity contribution in [2.75, 3.05) is 39.8 Å². The quantitative estimate of drug-likeness (QED) is 0.768. The van der Waals surface area contributed by atoms with E-state index in [1.807, 2.05) is 18.5 Å². The normalized spacial score (nSPS) is 25.5. The van der Waals surface area contributed by atoms with Crippen molar-refractivity contribution in [1.29, 1.82) is 0 Å². The van der Waals surface area contributed by atoms with E-state index in [1.54, 1.807) is 0 Å². The smallest absolute Gasteiger partial charge is 0.226 e. The van der Waals surface area contributed by atoms with E-state index >= 15 is 0 Å². The number of carbonyl (C=O) groups excluding carboxylic acids is 1. The van der Waals surface area contributed by atoms with Gasteiger partial charge in [-0.05, 0) is 75.1 Å². The van der Waals surface area contributed by atoms with Gasteiger partial charge >= 0.3 is 0 Å². The molecule has 4 heterocycles. The zero-order valence-corrected chi connectivity index (χ0v) is 18.7. The van der Waals surface area contributed by atoms with Crippen LogP contribution < -0.4 is 0 Å². The van der Waals surface area contributed by atoms with Crippen molar-refractivity contribution in [2.45, 2.75) is 38.8 Å². The van der Waals surface area contributed by atoms with Gasteiger partial charge in [0.05, 0.1) is 0 Å². The summed E-state index contributed by atoms with van der Waals surface area (Å²) >= 11 is 0. The molecule has 0 saturated carbocycles. The fourth-order valence-corrected chi connectivity index (χ4v) is 5.87. The Labute approximate surface area is 186 Å². The monoisotopic (exact) mass is 418 g/mol. The number of rotatable bonds is 3. The fourth-order valence-electron chi connectivity index (χ4n) is 5.87. The second-order valence-corrected chi connectivity index (χ2v) is 10.0.